The molecule has 0 aliphatic heterocycles. The Balaban J connectivity index is 1.33. The molecular formula is C29H42O. The smallest absolute Gasteiger partial charge is 0.0792 e. The average molecular weight is 407 g/mol. The number of hydrogen-bond donors (Lipinski definition) is 1. The first-order chi connectivity index (χ1) is 14.4. The summed E-state index contributed by atoms with van der Waals surface area (Å²) in [4.78, 5) is 0. The first kappa shape index (κ1) is 20.8. The molecule has 3 saturated carbocycles. The van der Waals surface area contributed by atoms with Crippen molar-refractivity contribution in [3.8, 4) is 0 Å². The largest absolute Gasteiger partial charge is 0.388 e. The third kappa shape index (κ3) is 3.22. The van der Waals surface area contributed by atoms with Crippen LogP contribution in [0.15, 0.2) is 42.0 Å². The van der Waals surface area contributed by atoms with Crippen LogP contribution in [0.1, 0.15) is 96.6 Å². The predicted molar refractivity (Wildman–Crippen MR) is 125 cm³/mol. The highest BCUT2D eigenvalue weighted by atomic mass is 16.3. The second kappa shape index (κ2) is 7.80. The summed E-state index contributed by atoms with van der Waals surface area (Å²) in [5, 5.41) is 10.9. The third-order valence-corrected chi connectivity index (χ3v) is 10.6. The lowest BCUT2D eigenvalue weighted by Crippen LogP contribution is -2.50. The predicted octanol–water partition coefficient (Wildman–Crippen LogP) is 7.72. The number of hydrogen-bond acceptors (Lipinski definition) is 1. The van der Waals surface area contributed by atoms with E-state index in [9.17, 15) is 5.11 Å². The van der Waals surface area contributed by atoms with Gasteiger partial charge in [-0.3, -0.25) is 0 Å². The maximum absolute atomic E-state index is 10.9. The van der Waals surface area contributed by atoms with Crippen molar-refractivity contribution >= 4 is 0 Å². The highest BCUT2D eigenvalue weighted by Crippen LogP contribution is 2.67. The van der Waals surface area contributed by atoms with Gasteiger partial charge in [0.2, 0.25) is 0 Å². The van der Waals surface area contributed by atoms with Gasteiger partial charge in [0, 0.05) is 0 Å². The molecule has 0 bridgehead atoms. The van der Waals surface area contributed by atoms with E-state index in [-0.39, 0.29) is 6.10 Å². The average Bonchev–Trinajstić information content (AvgIpc) is 3.11. The number of rotatable bonds is 4. The van der Waals surface area contributed by atoms with E-state index in [2.05, 4.69) is 39.0 Å². The van der Waals surface area contributed by atoms with Crippen molar-refractivity contribution in [1.29, 1.82) is 0 Å². The van der Waals surface area contributed by atoms with Crippen LogP contribution in [0.2, 0.25) is 0 Å². The zero-order valence-electron chi connectivity index (χ0n) is 19.4. The molecule has 0 heterocycles. The molecule has 1 aromatic rings. The third-order valence-electron chi connectivity index (χ3n) is 10.6. The molecule has 7 unspecified atom stereocenters. The summed E-state index contributed by atoms with van der Waals surface area (Å²) in [6.45, 7) is 7.69. The second-order valence-electron chi connectivity index (χ2n) is 11.8. The molecule has 0 radical (unpaired) electrons. The maximum atomic E-state index is 10.9. The van der Waals surface area contributed by atoms with Crippen LogP contribution in [0.25, 0.3) is 0 Å². The Morgan fingerprint density at radius 1 is 1.00 bits per heavy atom. The summed E-state index contributed by atoms with van der Waals surface area (Å²) in [7, 11) is 0. The van der Waals surface area contributed by atoms with Crippen molar-refractivity contribution in [3.05, 3.63) is 47.5 Å². The van der Waals surface area contributed by atoms with E-state index in [0.717, 1.165) is 35.7 Å². The standard InChI is InChI=1S/C29H42O/c1-20(19-27(30)21-9-5-4-6-10-21)24-14-15-25-23-13-12-22-11-7-8-17-28(22,2)26(23)16-18-29(24,25)3/h4-6,9-10,12,20,23-27,30H,7-8,11,13-19H2,1-3H3/t20-,23?,24?,25?,26?,27?,28?,29?/m1/s1. The van der Waals surface area contributed by atoms with Gasteiger partial charge in [0.1, 0.15) is 0 Å². The van der Waals surface area contributed by atoms with Gasteiger partial charge in [0.15, 0.2) is 0 Å². The molecule has 0 spiro atoms. The quantitative estimate of drug-likeness (QED) is 0.507. The Hall–Kier alpha value is -1.08. The molecule has 0 aromatic heterocycles. The SMILES string of the molecule is C[C@H](CC(O)c1ccccc1)C1CCC2C3CC=C4CCCCC4(C)C3CCC21C. The molecule has 164 valence electrons. The van der Waals surface area contributed by atoms with E-state index < -0.39 is 0 Å². The Labute approximate surface area is 184 Å². The van der Waals surface area contributed by atoms with Gasteiger partial charge in [-0.1, -0.05) is 69.2 Å². The Bertz CT molecular complexity index is 781. The van der Waals surface area contributed by atoms with Crippen LogP contribution in [0, 0.1) is 40.4 Å². The van der Waals surface area contributed by atoms with Gasteiger partial charge in [-0.25, -0.2) is 0 Å². The van der Waals surface area contributed by atoms with Gasteiger partial charge in [0.05, 0.1) is 6.10 Å². The van der Waals surface area contributed by atoms with Crippen molar-refractivity contribution in [2.45, 2.75) is 91.1 Å². The highest BCUT2D eigenvalue weighted by molar-refractivity contribution is 5.24. The van der Waals surface area contributed by atoms with E-state index >= 15 is 0 Å². The minimum atomic E-state index is -0.318. The molecule has 0 amide bonds. The lowest BCUT2D eigenvalue weighted by atomic mass is 9.47. The number of allylic oxidation sites excluding steroid dienone is 2. The summed E-state index contributed by atoms with van der Waals surface area (Å²) < 4.78 is 0. The van der Waals surface area contributed by atoms with Crippen LogP contribution in [-0.2, 0) is 0 Å². The molecule has 1 aromatic carbocycles. The van der Waals surface area contributed by atoms with Crippen molar-refractivity contribution in [2.24, 2.45) is 40.4 Å². The molecule has 4 aliphatic rings. The molecule has 8 atom stereocenters. The van der Waals surface area contributed by atoms with E-state index in [0.29, 0.717) is 16.7 Å². The summed E-state index contributed by atoms with van der Waals surface area (Å²) >= 11 is 0. The number of aliphatic hydroxyl groups is 1. The second-order valence-corrected chi connectivity index (χ2v) is 11.8. The number of aliphatic hydroxyl groups excluding tert-OH is 1. The van der Waals surface area contributed by atoms with Crippen LogP contribution in [0.4, 0.5) is 0 Å². The van der Waals surface area contributed by atoms with Crippen molar-refractivity contribution in [3.63, 3.8) is 0 Å². The first-order valence-electron chi connectivity index (χ1n) is 12.9. The van der Waals surface area contributed by atoms with Crippen molar-refractivity contribution < 1.29 is 5.11 Å². The lowest BCUT2D eigenvalue weighted by Gasteiger charge is -2.58. The van der Waals surface area contributed by atoms with E-state index in [1.165, 1.54) is 57.8 Å². The van der Waals surface area contributed by atoms with Gasteiger partial charge < -0.3 is 5.11 Å². The topological polar surface area (TPSA) is 20.2 Å². The summed E-state index contributed by atoms with van der Waals surface area (Å²) in [5.41, 5.74) is 3.90. The molecule has 3 fully saturated rings. The summed E-state index contributed by atoms with van der Waals surface area (Å²) in [5.74, 6) is 4.10. The van der Waals surface area contributed by atoms with E-state index in [4.69, 9.17) is 0 Å². The van der Waals surface area contributed by atoms with Crippen LogP contribution in [0.5, 0.6) is 0 Å². The maximum Gasteiger partial charge on any atom is 0.0792 e. The fourth-order valence-corrected chi connectivity index (χ4v) is 9.00. The van der Waals surface area contributed by atoms with Crippen LogP contribution in [-0.4, -0.2) is 5.11 Å². The summed E-state index contributed by atoms with van der Waals surface area (Å²) in [6.07, 6.45) is 16.0. The minimum absolute atomic E-state index is 0.318. The van der Waals surface area contributed by atoms with Crippen LogP contribution < -0.4 is 0 Å². The minimum Gasteiger partial charge on any atom is -0.388 e. The number of fused-ring (bicyclic) bond motifs is 5. The Morgan fingerprint density at radius 3 is 2.60 bits per heavy atom. The molecule has 1 nitrogen and oxygen atoms in total. The molecule has 1 N–H and O–H groups in total. The summed E-state index contributed by atoms with van der Waals surface area (Å²) in [6, 6.07) is 10.3. The van der Waals surface area contributed by atoms with Gasteiger partial charge in [-0.05, 0) is 104 Å². The van der Waals surface area contributed by atoms with Crippen LogP contribution >= 0.6 is 0 Å². The highest BCUT2D eigenvalue weighted by Gasteiger charge is 2.58. The zero-order chi connectivity index (χ0) is 20.9. The Kier molecular flexibility index (Phi) is 5.41. The zero-order valence-corrected chi connectivity index (χ0v) is 19.4. The molecular weight excluding hydrogens is 364 g/mol. The fourth-order valence-electron chi connectivity index (χ4n) is 9.00. The van der Waals surface area contributed by atoms with Gasteiger partial charge in [0.25, 0.3) is 0 Å². The molecule has 30 heavy (non-hydrogen) atoms. The van der Waals surface area contributed by atoms with Gasteiger partial charge in [-0.15, -0.1) is 0 Å². The molecule has 5 rings (SSSR count). The van der Waals surface area contributed by atoms with Crippen LogP contribution in [0.3, 0.4) is 0 Å². The first-order valence-corrected chi connectivity index (χ1v) is 12.9. The van der Waals surface area contributed by atoms with Gasteiger partial charge in [-0.2, -0.15) is 0 Å². The number of benzene rings is 1. The Morgan fingerprint density at radius 2 is 1.80 bits per heavy atom. The van der Waals surface area contributed by atoms with Gasteiger partial charge >= 0.3 is 0 Å². The molecule has 1 heteroatoms. The van der Waals surface area contributed by atoms with Crippen molar-refractivity contribution in [2.75, 3.05) is 0 Å². The molecule has 0 saturated heterocycles. The lowest BCUT2D eigenvalue weighted by molar-refractivity contribution is -0.0526. The van der Waals surface area contributed by atoms with E-state index in [1.54, 1.807) is 0 Å². The normalized spacial score (nSPS) is 42.5. The van der Waals surface area contributed by atoms with E-state index in [1.807, 2.05) is 23.8 Å². The fraction of sp³-hybridized carbons (Fsp3) is 0.724. The molecule has 4 aliphatic carbocycles. The van der Waals surface area contributed by atoms with Crippen molar-refractivity contribution in [1.82, 2.24) is 0 Å². The monoisotopic (exact) mass is 406 g/mol.